The standard InChI is InChI=1S/C30H35NO/c1-28-14-13-24-18-23-9-10-25(31(2)3)19-29(23)15-16-30(24,32-29)27(28)12-11-26(28)22-8-7-20-5-4-6-21(20)17-22/h4,6-8,11,13,17-18,25,27H,5,9-10,12,14-16,19H2,1-3H3/t25-,27+,28+,29+,30?/m0/s1. The van der Waals surface area contributed by atoms with Crippen molar-refractivity contribution in [3.63, 3.8) is 0 Å². The van der Waals surface area contributed by atoms with Gasteiger partial charge in [0, 0.05) is 17.4 Å². The van der Waals surface area contributed by atoms with Gasteiger partial charge in [-0.3, -0.25) is 0 Å². The van der Waals surface area contributed by atoms with E-state index in [0.717, 1.165) is 19.3 Å². The summed E-state index contributed by atoms with van der Waals surface area (Å²) in [6.07, 6.45) is 21.7. The van der Waals surface area contributed by atoms with Crippen molar-refractivity contribution in [2.45, 2.75) is 75.5 Å². The fourth-order valence-corrected chi connectivity index (χ4v) is 8.27. The summed E-state index contributed by atoms with van der Waals surface area (Å²) in [5.41, 5.74) is 9.04. The molecule has 1 aromatic rings. The Morgan fingerprint density at radius 1 is 1.12 bits per heavy atom. The van der Waals surface area contributed by atoms with Crippen LogP contribution in [-0.2, 0) is 11.2 Å². The minimum atomic E-state index is -0.0837. The molecule has 6 aliphatic rings. The molecule has 0 N–H and O–H groups in total. The molecule has 2 nitrogen and oxygen atoms in total. The van der Waals surface area contributed by atoms with Crippen LogP contribution in [0.3, 0.4) is 0 Å². The van der Waals surface area contributed by atoms with Crippen molar-refractivity contribution in [1.82, 2.24) is 4.90 Å². The maximum atomic E-state index is 7.39. The topological polar surface area (TPSA) is 12.5 Å². The highest BCUT2D eigenvalue weighted by atomic mass is 16.5. The predicted molar refractivity (Wildman–Crippen MR) is 131 cm³/mol. The Hall–Kier alpha value is -1.90. The van der Waals surface area contributed by atoms with Gasteiger partial charge in [-0.2, -0.15) is 0 Å². The minimum Gasteiger partial charge on any atom is -0.359 e. The first-order chi connectivity index (χ1) is 15.4. The number of fused-ring (bicyclic) bond motifs is 2. The first-order valence-corrected chi connectivity index (χ1v) is 12.7. The Morgan fingerprint density at radius 2 is 2.03 bits per heavy atom. The van der Waals surface area contributed by atoms with Crippen LogP contribution in [0.15, 0.2) is 53.6 Å². The van der Waals surface area contributed by atoms with Crippen molar-refractivity contribution in [3.8, 4) is 0 Å². The number of benzene rings is 1. The van der Waals surface area contributed by atoms with Crippen LogP contribution < -0.4 is 0 Å². The third-order valence-corrected chi connectivity index (χ3v) is 10.1. The molecule has 0 aromatic heterocycles. The van der Waals surface area contributed by atoms with Crippen LogP contribution in [0, 0.1) is 11.3 Å². The van der Waals surface area contributed by atoms with Crippen LogP contribution in [0.5, 0.6) is 0 Å². The van der Waals surface area contributed by atoms with Crippen LogP contribution >= 0.6 is 0 Å². The van der Waals surface area contributed by atoms with Crippen molar-refractivity contribution in [3.05, 3.63) is 70.3 Å². The van der Waals surface area contributed by atoms with Gasteiger partial charge in [-0.15, -0.1) is 0 Å². The number of nitrogens with zero attached hydrogens (tertiary/aromatic N) is 1. The molecule has 2 bridgehead atoms. The van der Waals surface area contributed by atoms with Gasteiger partial charge >= 0.3 is 0 Å². The lowest BCUT2D eigenvalue weighted by Crippen LogP contribution is -2.54. The Bertz CT molecular complexity index is 1140. The second-order valence-electron chi connectivity index (χ2n) is 11.7. The molecular formula is C30H35NO. The van der Waals surface area contributed by atoms with Gasteiger partial charge in [0.2, 0.25) is 0 Å². The Balaban J connectivity index is 1.28. The zero-order valence-electron chi connectivity index (χ0n) is 19.8. The molecule has 2 heteroatoms. The number of hydrogen-bond acceptors (Lipinski definition) is 2. The molecule has 4 aliphatic carbocycles. The van der Waals surface area contributed by atoms with E-state index in [4.69, 9.17) is 4.74 Å². The van der Waals surface area contributed by atoms with E-state index in [9.17, 15) is 0 Å². The fraction of sp³-hybridized carbons (Fsp3) is 0.533. The monoisotopic (exact) mass is 425 g/mol. The van der Waals surface area contributed by atoms with E-state index in [0.29, 0.717) is 12.0 Å². The minimum absolute atomic E-state index is 0.0100. The van der Waals surface area contributed by atoms with Crippen molar-refractivity contribution in [2.75, 3.05) is 14.1 Å². The highest BCUT2D eigenvalue weighted by molar-refractivity contribution is 5.77. The Kier molecular flexibility index (Phi) is 3.89. The molecule has 1 saturated heterocycles. The SMILES string of the molecule is CN(C)[C@H]1CCC2=CC3=CC[C@]4(C)C(c5ccc6c(c5)C=CC6)=CC[C@H]4C34CC[C@]2(C1)O4. The van der Waals surface area contributed by atoms with Crippen LogP contribution in [0.25, 0.3) is 11.6 Å². The Morgan fingerprint density at radius 3 is 2.91 bits per heavy atom. The van der Waals surface area contributed by atoms with E-state index in [1.165, 1.54) is 54.4 Å². The van der Waals surface area contributed by atoms with Crippen LogP contribution in [-0.4, -0.2) is 36.2 Å². The molecule has 1 unspecified atom stereocenters. The van der Waals surface area contributed by atoms with E-state index in [-0.39, 0.29) is 16.6 Å². The average Bonchev–Trinajstić information content (AvgIpc) is 3.47. The van der Waals surface area contributed by atoms with E-state index in [1.807, 2.05) is 0 Å². The molecule has 2 fully saturated rings. The molecule has 2 spiro atoms. The molecule has 32 heavy (non-hydrogen) atoms. The van der Waals surface area contributed by atoms with Crippen molar-refractivity contribution < 1.29 is 4.74 Å². The zero-order chi connectivity index (χ0) is 21.7. The first kappa shape index (κ1) is 19.6. The van der Waals surface area contributed by atoms with Crippen LogP contribution in [0.2, 0.25) is 0 Å². The van der Waals surface area contributed by atoms with Gasteiger partial charge in [0.25, 0.3) is 0 Å². The van der Waals surface area contributed by atoms with Crippen molar-refractivity contribution in [1.29, 1.82) is 0 Å². The summed E-state index contributed by atoms with van der Waals surface area (Å²) in [5, 5.41) is 0. The largest absolute Gasteiger partial charge is 0.359 e. The summed E-state index contributed by atoms with van der Waals surface area (Å²) >= 11 is 0. The van der Waals surface area contributed by atoms with E-state index in [2.05, 4.69) is 74.5 Å². The normalized spacial score (nSPS) is 40.9. The van der Waals surface area contributed by atoms with Crippen molar-refractivity contribution >= 4 is 11.6 Å². The second kappa shape index (κ2) is 6.36. The number of rotatable bonds is 2. The molecule has 2 heterocycles. The van der Waals surface area contributed by atoms with Gasteiger partial charge in [-0.05, 0) is 105 Å². The van der Waals surface area contributed by atoms with E-state index >= 15 is 0 Å². The quantitative estimate of drug-likeness (QED) is 0.548. The molecule has 0 radical (unpaired) electrons. The smallest absolute Gasteiger partial charge is 0.0980 e. The number of ether oxygens (including phenoxy) is 1. The van der Waals surface area contributed by atoms with Crippen molar-refractivity contribution in [2.24, 2.45) is 11.3 Å². The van der Waals surface area contributed by atoms with Gasteiger partial charge in [-0.1, -0.05) is 49.4 Å². The molecule has 1 aromatic carbocycles. The third kappa shape index (κ3) is 2.38. The van der Waals surface area contributed by atoms with Gasteiger partial charge in [-0.25, -0.2) is 0 Å². The molecule has 7 rings (SSSR count). The second-order valence-corrected chi connectivity index (χ2v) is 11.7. The maximum absolute atomic E-state index is 7.39. The summed E-state index contributed by atoms with van der Waals surface area (Å²) in [7, 11) is 4.48. The Labute approximate surface area is 192 Å². The number of allylic oxidation sites excluding steroid dienone is 4. The van der Waals surface area contributed by atoms with Gasteiger partial charge in [0.1, 0.15) is 0 Å². The summed E-state index contributed by atoms with van der Waals surface area (Å²) in [4.78, 5) is 2.42. The van der Waals surface area contributed by atoms with Gasteiger partial charge in [0.15, 0.2) is 0 Å². The summed E-state index contributed by atoms with van der Waals surface area (Å²) in [6, 6.07) is 7.80. The molecule has 1 saturated carbocycles. The molecule has 5 atom stereocenters. The fourth-order valence-electron chi connectivity index (χ4n) is 8.27. The third-order valence-electron chi connectivity index (χ3n) is 10.1. The summed E-state index contributed by atoms with van der Waals surface area (Å²) in [6.45, 7) is 2.53. The lowest BCUT2D eigenvalue weighted by atomic mass is 9.58. The van der Waals surface area contributed by atoms with Gasteiger partial charge in [0.05, 0.1) is 11.2 Å². The molecular weight excluding hydrogens is 390 g/mol. The lowest BCUT2D eigenvalue weighted by Gasteiger charge is -2.54. The first-order valence-electron chi connectivity index (χ1n) is 12.7. The average molecular weight is 426 g/mol. The molecule has 2 aliphatic heterocycles. The van der Waals surface area contributed by atoms with Gasteiger partial charge < -0.3 is 9.64 Å². The highest BCUT2D eigenvalue weighted by Crippen LogP contribution is 2.67. The number of hydrogen-bond donors (Lipinski definition) is 0. The highest BCUT2D eigenvalue weighted by Gasteiger charge is 2.65. The molecule has 0 amide bonds. The van der Waals surface area contributed by atoms with E-state index < -0.39 is 0 Å². The van der Waals surface area contributed by atoms with Crippen LogP contribution in [0.1, 0.15) is 68.6 Å². The lowest BCUT2D eigenvalue weighted by molar-refractivity contribution is -0.134. The van der Waals surface area contributed by atoms with Crippen LogP contribution in [0.4, 0.5) is 0 Å². The maximum Gasteiger partial charge on any atom is 0.0980 e. The molecule has 166 valence electrons. The zero-order valence-corrected chi connectivity index (χ0v) is 19.8. The van der Waals surface area contributed by atoms with E-state index in [1.54, 1.807) is 11.1 Å². The summed E-state index contributed by atoms with van der Waals surface area (Å²) in [5.74, 6) is 0.547. The summed E-state index contributed by atoms with van der Waals surface area (Å²) < 4.78 is 7.39. The predicted octanol–water partition coefficient (Wildman–Crippen LogP) is 6.34.